The first-order chi connectivity index (χ1) is 25.9. The van der Waals surface area contributed by atoms with E-state index in [-0.39, 0.29) is 41.8 Å². The lowest BCUT2D eigenvalue weighted by atomic mass is 10.00. The van der Waals surface area contributed by atoms with Crippen LogP contribution in [0.1, 0.15) is 58.9 Å². The molecule has 0 aliphatic heterocycles. The van der Waals surface area contributed by atoms with E-state index in [0.717, 1.165) is 5.56 Å². The van der Waals surface area contributed by atoms with Crippen LogP contribution in [0.25, 0.3) is 0 Å². The van der Waals surface area contributed by atoms with E-state index in [1.54, 1.807) is 98.8 Å². The number of hydrogen-bond donors (Lipinski definition) is 0. The number of hydrogen-bond acceptors (Lipinski definition) is 10. The number of esters is 3. The molecule has 0 bridgehead atoms. The molecular weight excluding hydrogens is 688 g/mol. The third kappa shape index (κ3) is 12.2. The smallest absolute Gasteiger partial charge is 0.335 e. The molecule has 0 aliphatic carbocycles. The summed E-state index contributed by atoms with van der Waals surface area (Å²) < 4.78 is 31.6. The van der Waals surface area contributed by atoms with Crippen molar-refractivity contribution in [3.8, 4) is 40.9 Å². The van der Waals surface area contributed by atoms with Crippen LogP contribution in [-0.4, -0.2) is 44.1 Å². The SMILES string of the molecule is C=C(C)C(=O)OCOc1ccc(C#Cc2ccc(C(=O)c3ccc(C#Cc4ccc(OCOC(=O)C(=C)C)cc4)c(OCOC(=O)C(=C)C)c3)cc2)cc1. The molecular formula is C44H36O10. The van der Waals surface area contributed by atoms with Crippen molar-refractivity contribution in [2.75, 3.05) is 20.4 Å². The largest absolute Gasteiger partial charge is 0.457 e. The van der Waals surface area contributed by atoms with Gasteiger partial charge in [0.25, 0.3) is 0 Å². The zero-order chi connectivity index (χ0) is 39.0. The summed E-state index contributed by atoms with van der Waals surface area (Å²) in [6.45, 7) is 14.3. The van der Waals surface area contributed by atoms with Gasteiger partial charge in [-0.15, -0.1) is 0 Å². The molecule has 272 valence electrons. The molecule has 0 saturated carbocycles. The average Bonchev–Trinajstić information content (AvgIpc) is 3.17. The molecule has 0 unspecified atom stereocenters. The predicted octanol–water partition coefficient (Wildman–Crippen LogP) is 7.08. The van der Waals surface area contributed by atoms with Crippen LogP contribution in [0.4, 0.5) is 0 Å². The summed E-state index contributed by atoms with van der Waals surface area (Å²) >= 11 is 0. The van der Waals surface area contributed by atoms with E-state index < -0.39 is 24.7 Å². The molecule has 0 heterocycles. The van der Waals surface area contributed by atoms with Gasteiger partial charge in [0.2, 0.25) is 20.4 Å². The maximum Gasteiger partial charge on any atom is 0.335 e. The number of benzene rings is 4. The number of rotatable bonds is 14. The molecule has 0 amide bonds. The van der Waals surface area contributed by atoms with E-state index in [0.29, 0.717) is 39.3 Å². The van der Waals surface area contributed by atoms with Gasteiger partial charge >= 0.3 is 17.9 Å². The van der Waals surface area contributed by atoms with Crippen LogP contribution < -0.4 is 14.2 Å². The van der Waals surface area contributed by atoms with Crippen LogP contribution in [0.5, 0.6) is 17.2 Å². The third-order valence-corrected chi connectivity index (χ3v) is 7.07. The standard InChI is InChI=1S/C44H36O10/c1-29(2)42(46)52-26-49-38-21-12-33(13-22-38)8-7-32-10-17-36(18-11-32)41(45)37-20-19-35(40(25-37)51-28-54-44(48)31(5)6)16-9-34-14-23-39(24-15-34)50-27-53-43(47)30(3)4/h10-15,17-25H,1,3,5,26-28H2,2,4,6H3. The van der Waals surface area contributed by atoms with Gasteiger partial charge in [0, 0.05) is 44.5 Å². The minimum Gasteiger partial charge on any atom is -0.457 e. The zero-order valence-electron chi connectivity index (χ0n) is 30.0. The highest BCUT2D eigenvalue weighted by molar-refractivity contribution is 6.09. The van der Waals surface area contributed by atoms with Crippen molar-refractivity contribution in [3.05, 3.63) is 161 Å². The normalized spacial score (nSPS) is 9.83. The number of ether oxygens (including phenoxy) is 6. The molecule has 0 spiro atoms. The molecule has 0 saturated heterocycles. The van der Waals surface area contributed by atoms with E-state index in [1.807, 2.05) is 0 Å². The molecule has 0 aliphatic rings. The van der Waals surface area contributed by atoms with Crippen LogP contribution in [-0.2, 0) is 28.6 Å². The summed E-state index contributed by atoms with van der Waals surface area (Å²) in [7, 11) is 0. The van der Waals surface area contributed by atoms with Crippen LogP contribution in [0.3, 0.4) is 0 Å². The molecule has 0 atom stereocenters. The predicted molar refractivity (Wildman–Crippen MR) is 200 cm³/mol. The lowest BCUT2D eigenvalue weighted by Crippen LogP contribution is -2.11. The Kier molecular flexibility index (Phi) is 14.1. The second-order valence-corrected chi connectivity index (χ2v) is 11.6. The highest BCUT2D eigenvalue weighted by atomic mass is 16.7. The van der Waals surface area contributed by atoms with Gasteiger partial charge in [-0.3, -0.25) is 4.79 Å². The van der Waals surface area contributed by atoms with Gasteiger partial charge in [-0.2, -0.15) is 0 Å². The highest BCUT2D eigenvalue weighted by Gasteiger charge is 2.14. The van der Waals surface area contributed by atoms with Gasteiger partial charge in [0.1, 0.15) is 17.2 Å². The molecule has 10 heteroatoms. The van der Waals surface area contributed by atoms with Gasteiger partial charge in [-0.25, -0.2) is 14.4 Å². The summed E-state index contributed by atoms with van der Waals surface area (Å²) in [6.07, 6.45) is 0. The van der Waals surface area contributed by atoms with Crippen LogP contribution in [0.2, 0.25) is 0 Å². The summed E-state index contributed by atoms with van der Waals surface area (Å²) in [5, 5.41) is 0. The summed E-state index contributed by atoms with van der Waals surface area (Å²) in [6, 6.07) is 25.4. The van der Waals surface area contributed by atoms with Gasteiger partial charge < -0.3 is 28.4 Å². The monoisotopic (exact) mass is 724 g/mol. The minimum absolute atomic E-state index is 0.209. The minimum atomic E-state index is -0.625. The summed E-state index contributed by atoms with van der Waals surface area (Å²) in [5.41, 5.74) is 4.03. The third-order valence-electron chi connectivity index (χ3n) is 7.07. The molecule has 0 N–H and O–H groups in total. The Labute approximate surface area is 313 Å². The Balaban J connectivity index is 1.44. The number of ketones is 1. The summed E-state index contributed by atoms with van der Waals surface area (Å²) in [4.78, 5) is 48.4. The lowest BCUT2D eigenvalue weighted by molar-refractivity contribution is -0.146. The van der Waals surface area contributed by atoms with Crippen molar-refractivity contribution >= 4 is 23.7 Å². The van der Waals surface area contributed by atoms with Gasteiger partial charge in [-0.1, -0.05) is 43.4 Å². The van der Waals surface area contributed by atoms with E-state index in [9.17, 15) is 19.2 Å². The Bertz CT molecular complexity index is 2190. The number of carbonyl (C=O) groups is 4. The van der Waals surface area contributed by atoms with Crippen molar-refractivity contribution in [3.63, 3.8) is 0 Å². The topological polar surface area (TPSA) is 124 Å². The van der Waals surface area contributed by atoms with E-state index >= 15 is 0 Å². The first kappa shape index (κ1) is 39.5. The molecule has 4 rings (SSSR count). The van der Waals surface area contributed by atoms with Crippen molar-refractivity contribution in [2.45, 2.75) is 20.8 Å². The molecule has 0 fully saturated rings. The van der Waals surface area contributed by atoms with Crippen LogP contribution in [0, 0.1) is 23.7 Å². The first-order valence-electron chi connectivity index (χ1n) is 16.3. The molecule has 10 nitrogen and oxygen atoms in total. The van der Waals surface area contributed by atoms with Gasteiger partial charge in [0.15, 0.2) is 5.78 Å². The number of carbonyl (C=O) groups excluding carboxylic acids is 4. The molecule has 4 aromatic rings. The van der Waals surface area contributed by atoms with Crippen molar-refractivity contribution in [1.29, 1.82) is 0 Å². The average molecular weight is 725 g/mol. The highest BCUT2D eigenvalue weighted by Crippen LogP contribution is 2.23. The molecule has 54 heavy (non-hydrogen) atoms. The maximum atomic E-state index is 13.5. The van der Waals surface area contributed by atoms with E-state index in [1.165, 1.54) is 13.0 Å². The lowest BCUT2D eigenvalue weighted by Gasteiger charge is -2.11. The quantitative estimate of drug-likeness (QED) is 0.0333. The van der Waals surface area contributed by atoms with Crippen molar-refractivity contribution < 1.29 is 47.6 Å². The van der Waals surface area contributed by atoms with Crippen molar-refractivity contribution in [1.82, 2.24) is 0 Å². The Morgan fingerprint density at radius 2 is 0.852 bits per heavy atom. The maximum absolute atomic E-state index is 13.5. The van der Waals surface area contributed by atoms with Gasteiger partial charge in [0.05, 0.1) is 5.56 Å². The Morgan fingerprint density at radius 1 is 0.481 bits per heavy atom. The fourth-order valence-electron chi connectivity index (χ4n) is 4.13. The van der Waals surface area contributed by atoms with E-state index in [4.69, 9.17) is 28.4 Å². The molecule has 0 radical (unpaired) electrons. The van der Waals surface area contributed by atoms with Crippen molar-refractivity contribution in [2.24, 2.45) is 0 Å². The summed E-state index contributed by atoms with van der Waals surface area (Å²) in [5.74, 6) is 11.4. The van der Waals surface area contributed by atoms with Crippen LogP contribution in [0.15, 0.2) is 127 Å². The molecule has 4 aromatic carbocycles. The second-order valence-electron chi connectivity index (χ2n) is 11.6. The fraction of sp³-hybridized carbons (Fsp3) is 0.136. The fourth-order valence-corrected chi connectivity index (χ4v) is 4.13. The Morgan fingerprint density at radius 3 is 1.28 bits per heavy atom. The second kappa shape index (κ2) is 19.3. The van der Waals surface area contributed by atoms with Crippen LogP contribution >= 0.6 is 0 Å². The van der Waals surface area contributed by atoms with Gasteiger partial charge in [-0.05, 0) is 112 Å². The molecule has 0 aromatic heterocycles. The zero-order valence-corrected chi connectivity index (χ0v) is 30.0. The first-order valence-corrected chi connectivity index (χ1v) is 16.3. The Hall–Kier alpha value is -7.30. The van der Waals surface area contributed by atoms with E-state index in [2.05, 4.69) is 43.4 Å².